The molecule has 3 rings (SSSR count). The van der Waals surface area contributed by atoms with Gasteiger partial charge >= 0.3 is 5.97 Å². The van der Waals surface area contributed by atoms with Gasteiger partial charge in [-0.25, -0.2) is 14.5 Å². The first-order valence-electron chi connectivity index (χ1n) is 7.57. The predicted octanol–water partition coefficient (Wildman–Crippen LogP) is 1.93. The first-order chi connectivity index (χ1) is 12.5. The van der Waals surface area contributed by atoms with Crippen molar-refractivity contribution in [1.82, 2.24) is 20.0 Å². The summed E-state index contributed by atoms with van der Waals surface area (Å²) in [7, 11) is 1.56. The fourth-order valence-electron chi connectivity index (χ4n) is 2.30. The van der Waals surface area contributed by atoms with E-state index < -0.39 is 11.9 Å². The third-order valence-electron chi connectivity index (χ3n) is 3.66. The molecule has 0 saturated carbocycles. The minimum atomic E-state index is -1.09. The first-order valence-corrected chi connectivity index (χ1v) is 7.57. The summed E-state index contributed by atoms with van der Waals surface area (Å²) in [5.74, 6) is -0.707. The van der Waals surface area contributed by atoms with Gasteiger partial charge in [0, 0.05) is 12.3 Å². The molecule has 1 aromatic carbocycles. The van der Waals surface area contributed by atoms with Gasteiger partial charge in [0.05, 0.1) is 24.1 Å². The number of aromatic carboxylic acids is 1. The highest BCUT2D eigenvalue weighted by Crippen LogP contribution is 2.18. The lowest BCUT2D eigenvalue weighted by molar-refractivity contribution is 0.0696. The SMILES string of the molecule is COc1cccc(-n2nnc(C(=O)Nc3ccc(C(=O)O)cn3)c2C)c1. The zero-order valence-corrected chi connectivity index (χ0v) is 14.0. The van der Waals surface area contributed by atoms with Gasteiger partial charge in [0.25, 0.3) is 5.91 Å². The molecule has 9 nitrogen and oxygen atoms in total. The summed E-state index contributed by atoms with van der Waals surface area (Å²) in [4.78, 5) is 27.1. The van der Waals surface area contributed by atoms with Gasteiger partial charge in [-0.1, -0.05) is 11.3 Å². The number of hydrogen-bond donors (Lipinski definition) is 2. The molecule has 0 atom stereocenters. The number of amides is 1. The quantitative estimate of drug-likeness (QED) is 0.719. The van der Waals surface area contributed by atoms with Gasteiger partial charge in [-0.15, -0.1) is 5.10 Å². The van der Waals surface area contributed by atoms with Crippen LogP contribution in [0.2, 0.25) is 0 Å². The summed E-state index contributed by atoms with van der Waals surface area (Å²) in [6.45, 7) is 1.72. The molecule has 26 heavy (non-hydrogen) atoms. The number of nitrogens with zero attached hydrogens (tertiary/aromatic N) is 4. The van der Waals surface area contributed by atoms with Crippen LogP contribution in [0.1, 0.15) is 26.5 Å². The second kappa shape index (κ2) is 7.01. The molecule has 2 heterocycles. The topological polar surface area (TPSA) is 119 Å². The highest BCUT2D eigenvalue weighted by Gasteiger charge is 2.18. The van der Waals surface area contributed by atoms with Gasteiger partial charge in [0.1, 0.15) is 11.6 Å². The molecule has 1 amide bonds. The van der Waals surface area contributed by atoms with Gasteiger partial charge in [-0.3, -0.25) is 4.79 Å². The number of carbonyl (C=O) groups excluding carboxylic acids is 1. The highest BCUT2D eigenvalue weighted by molar-refractivity contribution is 6.03. The van der Waals surface area contributed by atoms with E-state index in [4.69, 9.17) is 9.84 Å². The molecule has 0 aliphatic rings. The van der Waals surface area contributed by atoms with E-state index in [0.717, 1.165) is 6.20 Å². The highest BCUT2D eigenvalue weighted by atomic mass is 16.5. The number of carboxylic acid groups (broad SMARTS) is 1. The Labute approximate surface area is 148 Å². The van der Waals surface area contributed by atoms with E-state index in [2.05, 4.69) is 20.6 Å². The summed E-state index contributed by atoms with van der Waals surface area (Å²) in [5.41, 5.74) is 1.41. The number of anilines is 1. The van der Waals surface area contributed by atoms with Crippen LogP contribution in [0.5, 0.6) is 5.75 Å². The Kier molecular flexibility index (Phi) is 4.61. The molecule has 0 fully saturated rings. The van der Waals surface area contributed by atoms with Crippen molar-refractivity contribution < 1.29 is 19.4 Å². The summed E-state index contributed by atoms with van der Waals surface area (Å²) in [5, 5.41) is 19.4. The molecule has 132 valence electrons. The fraction of sp³-hybridized carbons (Fsp3) is 0.118. The Bertz CT molecular complexity index is 966. The van der Waals surface area contributed by atoms with Crippen LogP contribution in [0.15, 0.2) is 42.6 Å². The van der Waals surface area contributed by atoms with Gasteiger partial charge < -0.3 is 15.2 Å². The lowest BCUT2D eigenvalue weighted by Gasteiger charge is -2.06. The second-order valence-electron chi connectivity index (χ2n) is 5.33. The molecule has 0 spiro atoms. The van der Waals surface area contributed by atoms with Crippen molar-refractivity contribution in [1.29, 1.82) is 0 Å². The van der Waals surface area contributed by atoms with Crippen LogP contribution in [0.4, 0.5) is 5.82 Å². The van der Waals surface area contributed by atoms with Gasteiger partial charge in [-0.05, 0) is 31.2 Å². The number of pyridine rings is 1. The van der Waals surface area contributed by atoms with Crippen molar-refractivity contribution in [3.63, 3.8) is 0 Å². The zero-order valence-electron chi connectivity index (χ0n) is 14.0. The standard InChI is InChI=1S/C17H15N5O4/c1-10-15(16(23)19-14-7-6-11(9-18-14)17(24)25)20-21-22(10)12-4-3-5-13(8-12)26-2/h3-9H,1-2H3,(H,24,25)(H,18,19,23). The van der Waals surface area contributed by atoms with E-state index in [1.165, 1.54) is 16.8 Å². The van der Waals surface area contributed by atoms with Gasteiger partial charge in [0.15, 0.2) is 5.69 Å². The molecule has 0 unspecified atom stereocenters. The largest absolute Gasteiger partial charge is 0.497 e. The molecule has 0 saturated heterocycles. The maximum atomic E-state index is 12.4. The molecular weight excluding hydrogens is 338 g/mol. The van der Waals surface area contributed by atoms with E-state index in [1.54, 1.807) is 26.2 Å². The predicted molar refractivity (Wildman–Crippen MR) is 91.8 cm³/mol. The zero-order chi connectivity index (χ0) is 18.7. The molecule has 9 heteroatoms. The van der Waals surface area contributed by atoms with Crippen LogP contribution in [-0.2, 0) is 0 Å². The smallest absolute Gasteiger partial charge is 0.337 e. The van der Waals surface area contributed by atoms with Crippen LogP contribution < -0.4 is 10.1 Å². The Morgan fingerprint density at radius 1 is 1.23 bits per heavy atom. The first kappa shape index (κ1) is 17.1. The Balaban J connectivity index is 1.82. The number of carboxylic acids is 1. The number of nitrogens with one attached hydrogen (secondary N) is 1. The lowest BCUT2D eigenvalue weighted by Crippen LogP contribution is -2.15. The van der Waals surface area contributed by atoms with E-state index in [-0.39, 0.29) is 17.1 Å². The maximum Gasteiger partial charge on any atom is 0.337 e. The van der Waals surface area contributed by atoms with Crippen molar-refractivity contribution >= 4 is 17.7 Å². The van der Waals surface area contributed by atoms with E-state index in [0.29, 0.717) is 17.1 Å². The van der Waals surface area contributed by atoms with E-state index >= 15 is 0 Å². The van der Waals surface area contributed by atoms with Gasteiger partial charge in [0.2, 0.25) is 0 Å². The number of hydrogen-bond acceptors (Lipinski definition) is 6. The van der Waals surface area contributed by atoms with Crippen LogP contribution in [0, 0.1) is 6.92 Å². The monoisotopic (exact) mass is 353 g/mol. The number of aromatic nitrogens is 4. The molecule has 3 aromatic rings. The normalized spacial score (nSPS) is 10.4. The number of benzene rings is 1. The molecule has 0 bridgehead atoms. The summed E-state index contributed by atoms with van der Waals surface area (Å²) < 4.78 is 6.71. The van der Waals surface area contributed by atoms with Crippen molar-refractivity contribution in [2.45, 2.75) is 6.92 Å². The molecule has 2 aromatic heterocycles. The molecular formula is C17H15N5O4. The van der Waals surface area contributed by atoms with Crippen LogP contribution >= 0.6 is 0 Å². The van der Waals surface area contributed by atoms with Crippen molar-refractivity contribution in [3.05, 3.63) is 59.5 Å². The van der Waals surface area contributed by atoms with Crippen LogP contribution in [0.3, 0.4) is 0 Å². The number of rotatable bonds is 5. The average molecular weight is 353 g/mol. The fourth-order valence-corrected chi connectivity index (χ4v) is 2.30. The minimum absolute atomic E-state index is 0.0307. The van der Waals surface area contributed by atoms with Crippen molar-refractivity contribution in [3.8, 4) is 11.4 Å². The second-order valence-corrected chi connectivity index (χ2v) is 5.33. The molecule has 0 aliphatic carbocycles. The third-order valence-corrected chi connectivity index (χ3v) is 3.66. The molecule has 0 radical (unpaired) electrons. The lowest BCUT2D eigenvalue weighted by atomic mass is 10.2. The molecule has 0 aliphatic heterocycles. The number of ether oxygens (including phenoxy) is 1. The average Bonchev–Trinajstić information content (AvgIpc) is 3.03. The third kappa shape index (κ3) is 3.36. The summed E-state index contributed by atoms with van der Waals surface area (Å²) >= 11 is 0. The summed E-state index contributed by atoms with van der Waals surface area (Å²) in [6, 6.07) is 9.96. The summed E-state index contributed by atoms with van der Waals surface area (Å²) in [6.07, 6.45) is 1.16. The van der Waals surface area contributed by atoms with Crippen molar-refractivity contribution in [2.24, 2.45) is 0 Å². The minimum Gasteiger partial charge on any atom is -0.497 e. The van der Waals surface area contributed by atoms with E-state index in [1.807, 2.05) is 12.1 Å². The van der Waals surface area contributed by atoms with E-state index in [9.17, 15) is 9.59 Å². The molecule has 2 N–H and O–H groups in total. The maximum absolute atomic E-state index is 12.4. The Morgan fingerprint density at radius 3 is 2.69 bits per heavy atom. The van der Waals surface area contributed by atoms with Crippen LogP contribution in [-0.4, -0.2) is 44.1 Å². The Hall–Kier alpha value is -3.75. The van der Waals surface area contributed by atoms with Crippen LogP contribution in [0.25, 0.3) is 5.69 Å². The van der Waals surface area contributed by atoms with Crippen molar-refractivity contribution in [2.75, 3.05) is 12.4 Å². The number of carbonyl (C=O) groups is 2. The van der Waals surface area contributed by atoms with Gasteiger partial charge in [-0.2, -0.15) is 0 Å². The number of methoxy groups -OCH3 is 1. The Morgan fingerprint density at radius 2 is 2.04 bits per heavy atom.